The third-order valence-corrected chi connectivity index (χ3v) is 5.88. The van der Waals surface area contributed by atoms with Gasteiger partial charge < -0.3 is 4.90 Å². The average Bonchev–Trinajstić information content (AvgIpc) is 3.20. The zero-order chi connectivity index (χ0) is 24.4. The number of nitriles is 1. The molecule has 1 aromatic carbocycles. The number of anilines is 1. The number of carbonyl (C=O) groups excluding carboxylic acids is 1. The number of rotatable bonds is 7. The van der Waals surface area contributed by atoms with Crippen LogP contribution in [-0.4, -0.2) is 41.4 Å². The Hall–Kier alpha value is -2.98. The summed E-state index contributed by atoms with van der Waals surface area (Å²) in [5, 5.41) is 11.3. The van der Waals surface area contributed by atoms with Crippen LogP contribution in [0.1, 0.15) is 69.2 Å². The molecule has 0 aliphatic heterocycles. The van der Waals surface area contributed by atoms with Gasteiger partial charge >= 0.3 is 0 Å². The summed E-state index contributed by atoms with van der Waals surface area (Å²) in [6, 6.07) is 10.3. The van der Waals surface area contributed by atoms with Crippen LogP contribution >= 0.6 is 0 Å². The first-order chi connectivity index (χ1) is 15.4. The Labute approximate surface area is 197 Å². The summed E-state index contributed by atoms with van der Waals surface area (Å²) in [5.41, 5.74) is 6.39. The van der Waals surface area contributed by atoms with Crippen LogP contribution in [0.4, 0.5) is 5.82 Å². The summed E-state index contributed by atoms with van der Waals surface area (Å²) in [7, 11) is 4.08. The maximum atomic E-state index is 13.6. The lowest BCUT2D eigenvalue weighted by molar-refractivity contribution is -0.125. The molecule has 33 heavy (non-hydrogen) atoms. The number of nitrogens with zero attached hydrogens (tertiary/aromatic N) is 5. The maximum Gasteiger partial charge on any atom is 0.248 e. The smallest absolute Gasteiger partial charge is 0.248 e. The van der Waals surface area contributed by atoms with E-state index in [1.54, 1.807) is 0 Å². The molecular weight excluding hydrogens is 412 g/mol. The lowest BCUT2D eigenvalue weighted by Crippen LogP contribution is -2.52. The molecule has 0 radical (unpaired) electrons. The van der Waals surface area contributed by atoms with Gasteiger partial charge in [-0.1, -0.05) is 45.0 Å². The summed E-state index contributed by atoms with van der Waals surface area (Å²) in [6.07, 6.45) is 2.67. The van der Waals surface area contributed by atoms with Gasteiger partial charge in [0.2, 0.25) is 11.7 Å². The Bertz CT molecular complexity index is 1040. The first-order valence-electron chi connectivity index (χ1n) is 11.5. The second-order valence-corrected chi connectivity index (χ2v) is 10.9. The largest absolute Gasteiger partial charge is 0.305 e. The number of benzene rings is 1. The lowest BCUT2D eigenvalue weighted by atomic mass is 9.83. The van der Waals surface area contributed by atoms with Gasteiger partial charge in [-0.15, -0.1) is 0 Å². The second-order valence-electron chi connectivity index (χ2n) is 10.9. The molecule has 1 amide bonds. The highest BCUT2D eigenvalue weighted by molar-refractivity contribution is 5.88. The molecule has 7 nitrogen and oxygen atoms in total. The van der Waals surface area contributed by atoms with E-state index in [0.717, 1.165) is 42.6 Å². The van der Waals surface area contributed by atoms with Gasteiger partial charge in [0, 0.05) is 18.7 Å². The zero-order valence-electron chi connectivity index (χ0n) is 21.0. The van der Waals surface area contributed by atoms with Gasteiger partial charge in [0.05, 0.1) is 11.1 Å². The number of hydrogen-bond donors (Lipinski definition) is 1. The number of aryl methyl sites for hydroxylation is 1. The van der Waals surface area contributed by atoms with Gasteiger partial charge in [-0.25, -0.2) is 4.98 Å². The van der Waals surface area contributed by atoms with Crippen LogP contribution in [0.25, 0.3) is 0 Å². The van der Waals surface area contributed by atoms with Crippen molar-refractivity contribution in [2.24, 2.45) is 5.41 Å². The maximum absolute atomic E-state index is 13.6. The molecule has 1 aliphatic carbocycles. The fraction of sp³-hybridized carbons (Fsp3) is 0.538. The predicted octanol–water partition coefficient (Wildman–Crippen LogP) is 3.76. The molecule has 1 N–H and O–H groups in total. The van der Waals surface area contributed by atoms with Gasteiger partial charge in [0.25, 0.3) is 0 Å². The minimum absolute atomic E-state index is 0.103. The topological polar surface area (TPSA) is 85.2 Å². The third-order valence-electron chi connectivity index (χ3n) is 5.88. The van der Waals surface area contributed by atoms with Crippen molar-refractivity contribution in [1.29, 1.82) is 5.26 Å². The van der Waals surface area contributed by atoms with Crippen LogP contribution in [0.5, 0.6) is 0 Å². The Morgan fingerprint density at radius 3 is 2.33 bits per heavy atom. The van der Waals surface area contributed by atoms with Crippen molar-refractivity contribution in [3.8, 4) is 6.07 Å². The summed E-state index contributed by atoms with van der Waals surface area (Å²) in [4.78, 5) is 24.6. The first-order valence-corrected chi connectivity index (χ1v) is 11.5. The van der Waals surface area contributed by atoms with E-state index in [9.17, 15) is 10.1 Å². The van der Waals surface area contributed by atoms with E-state index in [1.807, 2.05) is 45.1 Å². The number of fused-ring (bicyclic) bond motifs is 1. The fourth-order valence-corrected chi connectivity index (χ4v) is 4.11. The van der Waals surface area contributed by atoms with Crippen molar-refractivity contribution in [2.75, 3.05) is 25.6 Å². The molecule has 2 aromatic rings. The predicted molar refractivity (Wildman–Crippen MR) is 131 cm³/mol. The van der Waals surface area contributed by atoms with Crippen molar-refractivity contribution in [3.05, 3.63) is 52.5 Å². The molecule has 1 aromatic heterocycles. The van der Waals surface area contributed by atoms with E-state index in [2.05, 4.69) is 59.3 Å². The Balaban J connectivity index is 1.92. The minimum atomic E-state index is -0.749. The molecule has 0 spiro atoms. The van der Waals surface area contributed by atoms with Crippen molar-refractivity contribution in [3.63, 3.8) is 0 Å². The molecule has 0 saturated heterocycles. The van der Waals surface area contributed by atoms with Crippen LogP contribution < -0.4 is 10.4 Å². The van der Waals surface area contributed by atoms with Crippen LogP contribution in [0.2, 0.25) is 0 Å². The van der Waals surface area contributed by atoms with E-state index in [0.29, 0.717) is 12.4 Å². The van der Waals surface area contributed by atoms with Crippen LogP contribution in [0.15, 0.2) is 24.3 Å². The lowest BCUT2D eigenvalue weighted by Gasteiger charge is -2.35. The molecule has 0 saturated carbocycles. The number of hydrogen-bond acceptors (Lipinski definition) is 6. The molecule has 0 fully saturated rings. The Morgan fingerprint density at radius 2 is 1.76 bits per heavy atom. The molecule has 0 unspecified atom stereocenters. The van der Waals surface area contributed by atoms with Crippen molar-refractivity contribution >= 4 is 11.7 Å². The molecule has 0 atom stereocenters. The summed E-state index contributed by atoms with van der Waals surface area (Å²) < 4.78 is 0. The normalized spacial score (nSPS) is 13.5. The zero-order valence-corrected chi connectivity index (χ0v) is 21.0. The van der Waals surface area contributed by atoms with Gasteiger partial charge in [-0.3, -0.25) is 15.2 Å². The number of aromatic nitrogens is 2. The van der Waals surface area contributed by atoms with Crippen molar-refractivity contribution in [2.45, 2.75) is 65.8 Å². The molecule has 1 aliphatic rings. The van der Waals surface area contributed by atoms with Crippen molar-refractivity contribution in [1.82, 2.24) is 20.3 Å². The summed E-state index contributed by atoms with van der Waals surface area (Å²) in [6.45, 7) is 11.6. The second kappa shape index (κ2) is 9.48. The molecule has 176 valence electrons. The molecule has 1 heterocycles. The van der Waals surface area contributed by atoms with E-state index >= 15 is 0 Å². The van der Waals surface area contributed by atoms with Gasteiger partial charge in [-0.2, -0.15) is 10.2 Å². The van der Waals surface area contributed by atoms with Gasteiger partial charge in [0.1, 0.15) is 6.07 Å². The molecule has 0 bridgehead atoms. The Kier molecular flexibility index (Phi) is 7.08. The van der Waals surface area contributed by atoms with E-state index in [4.69, 9.17) is 0 Å². The van der Waals surface area contributed by atoms with Gasteiger partial charge in [0.15, 0.2) is 5.82 Å². The summed E-state index contributed by atoms with van der Waals surface area (Å²) in [5.74, 6) is 0.681. The first kappa shape index (κ1) is 24.7. The molecular formula is C26H36N6O. The highest BCUT2D eigenvalue weighted by atomic mass is 16.2. The number of amides is 1. The monoisotopic (exact) mass is 448 g/mol. The standard InChI is InChI=1S/C26H36N6O/c1-25(2,3)17-32(23-20-9-8-10-21(20)28-22(15-27)29-23)30-24(33)26(4,5)19-13-11-18(12-14-19)16-31(6)7/h11-14H,8-10,16-17H2,1-7H3,(H,30,33). The molecule has 7 heteroatoms. The Morgan fingerprint density at radius 1 is 1.09 bits per heavy atom. The number of carbonyl (C=O) groups is 1. The SMILES string of the molecule is CN(C)Cc1ccc(C(C)(C)C(=O)NN(CC(C)(C)C)c2nc(C#N)nc3c2CCC3)cc1. The van der Waals surface area contributed by atoms with E-state index < -0.39 is 5.41 Å². The van der Waals surface area contributed by atoms with Gasteiger partial charge in [-0.05, 0) is 63.7 Å². The van der Waals surface area contributed by atoms with E-state index in [-0.39, 0.29) is 17.1 Å². The number of nitrogens with one attached hydrogen (secondary N) is 1. The fourth-order valence-electron chi connectivity index (χ4n) is 4.11. The van der Waals surface area contributed by atoms with Crippen molar-refractivity contribution < 1.29 is 4.79 Å². The van der Waals surface area contributed by atoms with Crippen LogP contribution in [-0.2, 0) is 29.6 Å². The highest BCUT2D eigenvalue weighted by Crippen LogP contribution is 2.31. The quantitative estimate of drug-likeness (QED) is 0.649. The third kappa shape index (κ3) is 5.88. The molecule has 3 rings (SSSR count). The average molecular weight is 449 g/mol. The number of hydrazine groups is 1. The highest BCUT2D eigenvalue weighted by Gasteiger charge is 2.34. The van der Waals surface area contributed by atoms with Crippen LogP contribution in [0.3, 0.4) is 0 Å². The summed E-state index contributed by atoms with van der Waals surface area (Å²) >= 11 is 0. The minimum Gasteiger partial charge on any atom is -0.305 e. The van der Waals surface area contributed by atoms with Crippen LogP contribution in [0, 0.1) is 16.7 Å². The van der Waals surface area contributed by atoms with E-state index in [1.165, 1.54) is 5.56 Å².